The zero-order valence-electron chi connectivity index (χ0n) is 33.5. The third kappa shape index (κ3) is 7.97. The second kappa shape index (κ2) is 16.0. The fourth-order valence-electron chi connectivity index (χ4n) is 9.27. The Bertz CT molecular complexity index is 2050. The van der Waals surface area contributed by atoms with Gasteiger partial charge in [0.05, 0.1) is 53.7 Å². The Morgan fingerprint density at radius 1 is 0.763 bits per heavy atom. The highest BCUT2D eigenvalue weighted by atomic mass is 16.7. The average molecular weight is 823 g/mol. The molecule has 1 aliphatic carbocycles. The Morgan fingerprint density at radius 2 is 1.46 bits per heavy atom. The van der Waals surface area contributed by atoms with Crippen LogP contribution >= 0.6 is 0 Å². The zero-order chi connectivity index (χ0) is 42.1. The Morgan fingerprint density at radius 3 is 2.15 bits per heavy atom. The molecule has 0 bridgehead atoms. The molecule has 0 saturated carbocycles. The minimum Gasteiger partial charge on any atom is -0.507 e. The highest BCUT2D eigenvalue weighted by Crippen LogP contribution is 2.46. The van der Waals surface area contributed by atoms with Gasteiger partial charge in [-0.25, -0.2) is 0 Å². The summed E-state index contributed by atoms with van der Waals surface area (Å²) in [4.78, 5) is 64.5. The van der Waals surface area contributed by atoms with Gasteiger partial charge in [0, 0.05) is 55.2 Å². The molecule has 0 spiro atoms. The molecule has 2 aromatic carbocycles. The first-order chi connectivity index (χ1) is 28.0. The van der Waals surface area contributed by atoms with Crippen LogP contribution in [0.4, 0.5) is 0 Å². The van der Waals surface area contributed by atoms with Crippen LogP contribution in [-0.4, -0.2) is 118 Å². The molecule has 0 radical (unpaired) electrons. The van der Waals surface area contributed by atoms with Crippen LogP contribution in [0.15, 0.2) is 24.3 Å². The molecule has 5 saturated heterocycles. The van der Waals surface area contributed by atoms with Crippen LogP contribution in [-0.2, 0) is 58.7 Å². The number of ketones is 4. The minimum absolute atomic E-state index is 0.0260. The molecule has 5 aliphatic heterocycles. The van der Waals surface area contributed by atoms with Crippen molar-refractivity contribution in [2.45, 2.75) is 165 Å². The fraction of sp³-hybridized carbons (Fsp3) is 0.605. The van der Waals surface area contributed by atoms with Crippen LogP contribution < -0.4 is 0 Å². The Labute approximate surface area is 340 Å². The molecule has 0 aromatic heterocycles. The summed E-state index contributed by atoms with van der Waals surface area (Å²) < 4.78 is 48.7. The first-order valence-electron chi connectivity index (χ1n) is 20.3. The number of hydrogen-bond acceptors (Lipinski definition) is 15. The number of carbonyl (C=O) groups is 5. The van der Waals surface area contributed by atoms with E-state index in [-0.39, 0.29) is 70.3 Å². The fourth-order valence-corrected chi connectivity index (χ4v) is 9.27. The largest absolute Gasteiger partial charge is 0.507 e. The summed E-state index contributed by atoms with van der Waals surface area (Å²) in [6.45, 7) is 8.55. The lowest BCUT2D eigenvalue weighted by atomic mass is 9.79. The van der Waals surface area contributed by atoms with Crippen LogP contribution in [0.5, 0.6) is 11.5 Å². The standard InChI is InChI=1S/C43H50O16/c1-18-26(44)10-12-33(53-18)57-28-11-13-34(54-20(28)3)59-43(5,17-32(46)47)16-22-6-7-24-35(37(22)48)39(50)25-9-8-23(38(49)36(25)40(24)51)29-15-30-41(21(4)52-29)58-42-31(56-30)14-27(45)19(2)55-42/h6-9,18-21,28-31,33-34,41-42,48-49H,10-17H2,1-5H3,(H,46,47)/t18-,19-,20-,21+,28-,29+,30-,31-,33-,34-,41+,42-,43+/m0/s1. The second-order valence-electron chi connectivity index (χ2n) is 16.8. The van der Waals surface area contributed by atoms with Gasteiger partial charge in [0.25, 0.3) is 0 Å². The molecular weight excluding hydrogens is 772 g/mol. The molecule has 2 aromatic rings. The monoisotopic (exact) mass is 822 g/mol. The number of hydrogen-bond donors (Lipinski definition) is 3. The molecule has 16 nitrogen and oxygen atoms in total. The highest BCUT2D eigenvalue weighted by Gasteiger charge is 2.51. The summed E-state index contributed by atoms with van der Waals surface area (Å²) >= 11 is 0. The van der Waals surface area contributed by atoms with Gasteiger partial charge in [-0.1, -0.05) is 12.1 Å². The van der Waals surface area contributed by atoms with Crippen molar-refractivity contribution in [1.82, 2.24) is 0 Å². The first-order valence-corrected chi connectivity index (χ1v) is 20.3. The first kappa shape index (κ1) is 41.6. The van der Waals surface area contributed by atoms with E-state index in [1.54, 1.807) is 27.7 Å². The Balaban J connectivity index is 0.974. The third-order valence-corrected chi connectivity index (χ3v) is 12.4. The molecule has 0 unspecified atom stereocenters. The predicted octanol–water partition coefficient (Wildman–Crippen LogP) is 4.38. The van der Waals surface area contributed by atoms with Gasteiger partial charge in [-0.05, 0) is 58.7 Å². The number of phenolic OH excluding ortho intramolecular Hbond substituents is 2. The van der Waals surface area contributed by atoms with E-state index in [2.05, 4.69) is 0 Å². The van der Waals surface area contributed by atoms with Gasteiger partial charge in [-0.3, -0.25) is 24.0 Å². The number of ether oxygens (including phenoxy) is 8. The molecule has 318 valence electrons. The van der Waals surface area contributed by atoms with E-state index in [1.165, 1.54) is 24.3 Å². The van der Waals surface area contributed by atoms with Gasteiger partial charge in [-0.15, -0.1) is 0 Å². The maximum atomic E-state index is 14.1. The van der Waals surface area contributed by atoms with Gasteiger partial charge in [0.15, 0.2) is 42.0 Å². The van der Waals surface area contributed by atoms with Crippen molar-refractivity contribution in [3.63, 3.8) is 0 Å². The number of benzene rings is 2. The quantitative estimate of drug-likeness (QED) is 0.273. The molecular formula is C43H50O16. The number of carboxylic acid groups (broad SMARTS) is 1. The number of fused-ring (bicyclic) bond motifs is 4. The normalized spacial score (nSPS) is 35.5. The number of phenols is 2. The Kier molecular flexibility index (Phi) is 11.3. The average Bonchev–Trinajstić information content (AvgIpc) is 3.16. The van der Waals surface area contributed by atoms with E-state index in [0.29, 0.717) is 25.7 Å². The predicted molar refractivity (Wildman–Crippen MR) is 201 cm³/mol. The number of rotatable bonds is 9. The lowest BCUT2D eigenvalue weighted by molar-refractivity contribution is -0.347. The number of Topliss-reactive ketones (excluding diaryl/α,β-unsaturated/α-hetero) is 2. The Hall–Kier alpha value is -4.13. The van der Waals surface area contributed by atoms with Crippen LogP contribution in [0.2, 0.25) is 0 Å². The van der Waals surface area contributed by atoms with Gasteiger partial charge in [0.1, 0.15) is 35.9 Å². The topological polar surface area (TPSA) is 220 Å². The molecule has 8 rings (SSSR count). The van der Waals surface area contributed by atoms with Crippen molar-refractivity contribution in [2.75, 3.05) is 0 Å². The van der Waals surface area contributed by atoms with Crippen LogP contribution in [0.3, 0.4) is 0 Å². The number of aliphatic carboxylic acids is 1. The number of aromatic hydroxyl groups is 2. The SMILES string of the molecule is C[C@@H]1O[C@@H](O[C@H]2CC[C@H](O[C@@](C)(CC(=O)O)Cc3ccc4c(c3O)C(=O)c3ccc([C@H]5C[C@@H]6O[C@H]7CC(=O)[C@H](C)O[C@H]7O[C@@H]6[C@@H](C)O5)c(O)c3C4=O)O[C@H]2C)CCC1=O. The van der Waals surface area contributed by atoms with Gasteiger partial charge >= 0.3 is 5.97 Å². The maximum Gasteiger partial charge on any atom is 0.306 e. The molecule has 5 fully saturated rings. The van der Waals surface area contributed by atoms with Crippen molar-refractivity contribution in [3.8, 4) is 11.5 Å². The van der Waals surface area contributed by atoms with Crippen molar-refractivity contribution in [3.05, 3.63) is 57.6 Å². The van der Waals surface area contributed by atoms with E-state index in [1.807, 2.05) is 6.92 Å². The van der Waals surface area contributed by atoms with E-state index in [9.17, 15) is 39.3 Å². The molecule has 13 atom stereocenters. The van der Waals surface area contributed by atoms with Crippen molar-refractivity contribution < 1.29 is 77.2 Å². The molecule has 3 N–H and O–H groups in total. The van der Waals surface area contributed by atoms with Crippen molar-refractivity contribution >= 4 is 29.1 Å². The smallest absolute Gasteiger partial charge is 0.306 e. The van der Waals surface area contributed by atoms with Crippen LogP contribution in [0, 0.1) is 0 Å². The van der Waals surface area contributed by atoms with Gasteiger partial charge in [0.2, 0.25) is 0 Å². The summed E-state index contributed by atoms with van der Waals surface area (Å²) in [6.07, 6.45) is -5.48. The summed E-state index contributed by atoms with van der Waals surface area (Å²) in [7, 11) is 0. The summed E-state index contributed by atoms with van der Waals surface area (Å²) in [6, 6.07) is 5.75. The van der Waals surface area contributed by atoms with Crippen LogP contribution in [0.25, 0.3) is 0 Å². The van der Waals surface area contributed by atoms with Crippen LogP contribution in [0.1, 0.15) is 129 Å². The lowest BCUT2D eigenvalue weighted by Gasteiger charge is -2.49. The molecule has 6 aliphatic rings. The maximum absolute atomic E-state index is 14.1. The van der Waals surface area contributed by atoms with Gasteiger partial charge in [-0.2, -0.15) is 0 Å². The molecule has 16 heteroatoms. The summed E-state index contributed by atoms with van der Waals surface area (Å²) in [5.41, 5.74) is -1.71. The summed E-state index contributed by atoms with van der Waals surface area (Å²) in [5, 5.41) is 33.1. The highest BCUT2D eigenvalue weighted by molar-refractivity contribution is 6.30. The van der Waals surface area contributed by atoms with E-state index in [0.717, 1.165) is 0 Å². The zero-order valence-corrected chi connectivity index (χ0v) is 33.5. The molecule has 59 heavy (non-hydrogen) atoms. The molecule has 5 heterocycles. The van der Waals surface area contributed by atoms with E-state index in [4.69, 9.17) is 37.9 Å². The van der Waals surface area contributed by atoms with Crippen molar-refractivity contribution in [1.29, 1.82) is 0 Å². The number of carbonyl (C=O) groups excluding carboxylic acids is 4. The third-order valence-electron chi connectivity index (χ3n) is 12.4. The molecule has 0 amide bonds. The van der Waals surface area contributed by atoms with Gasteiger partial charge < -0.3 is 53.2 Å². The second-order valence-corrected chi connectivity index (χ2v) is 16.8. The summed E-state index contributed by atoms with van der Waals surface area (Å²) in [5.74, 6) is -3.54. The van der Waals surface area contributed by atoms with E-state index < -0.39 is 109 Å². The van der Waals surface area contributed by atoms with Crippen molar-refractivity contribution in [2.24, 2.45) is 0 Å². The van der Waals surface area contributed by atoms with E-state index >= 15 is 0 Å². The minimum atomic E-state index is -1.42. The number of carboxylic acids is 1. The lowest BCUT2D eigenvalue weighted by Crippen LogP contribution is -2.60.